The summed E-state index contributed by atoms with van der Waals surface area (Å²) in [5, 5.41) is 11.3. The summed E-state index contributed by atoms with van der Waals surface area (Å²) in [5.41, 5.74) is 2.34. The zero-order valence-electron chi connectivity index (χ0n) is 10.6. The number of benzene rings is 1. The van der Waals surface area contributed by atoms with Gasteiger partial charge in [-0.25, -0.2) is 4.68 Å². The Morgan fingerprint density at radius 3 is 2.72 bits per heavy atom. The standard InChI is InChI=1S/C12H15BrN4O/c1-8(2)9-4-5-11(18-3)10(6-9)7-17-12(13)14-15-16-17/h4-6,8H,7H2,1-3H3. The van der Waals surface area contributed by atoms with Gasteiger partial charge in [-0.2, -0.15) is 0 Å². The fourth-order valence-electron chi connectivity index (χ4n) is 1.73. The zero-order chi connectivity index (χ0) is 13.1. The van der Waals surface area contributed by atoms with E-state index in [0.29, 0.717) is 17.2 Å². The summed E-state index contributed by atoms with van der Waals surface area (Å²) in [7, 11) is 1.67. The van der Waals surface area contributed by atoms with E-state index in [1.54, 1.807) is 11.8 Å². The molecule has 18 heavy (non-hydrogen) atoms. The lowest BCUT2D eigenvalue weighted by molar-refractivity contribution is 0.406. The lowest BCUT2D eigenvalue weighted by atomic mass is 10.0. The molecule has 0 aliphatic rings. The smallest absolute Gasteiger partial charge is 0.218 e. The molecule has 5 nitrogen and oxygen atoms in total. The highest BCUT2D eigenvalue weighted by Gasteiger charge is 2.10. The summed E-state index contributed by atoms with van der Waals surface area (Å²) in [6.45, 7) is 4.91. The molecule has 1 heterocycles. The first-order valence-corrected chi connectivity index (χ1v) is 6.49. The second-order valence-corrected chi connectivity index (χ2v) is 5.04. The van der Waals surface area contributed by atoms with E-state index in [4.69, 9.17) is 4.74 Å². The fraction of sp³-hybridized carbons (Fsp3) is 0.417. The number of nitrogens with zero attached hydrogens (tertiary/aromatic N) is 4. The van der Waals surface area contributed by atoms with Crippen molar-refractivity contribution in [3.05, 3.63) is 34.1 Å². The molecule has 0 aliphatic carbocycles. The molecule has 0 fully saturated rings. The first-order chi connectivity index (χ1) is 8.61. The molecule has 1 aromatic heterocycles. The van der Waals surface area contributed by atoms with Crippen molar-refractivity contribution in [3.8, 4) is 5.75 Å². The average Bonchev–Trinajstić information content (AvgIpc) is 2.75. The molecule has 0 radical (unpaired) electrons. The van der Waals surface area contributed by atoms with Gasteiger partial charge in [0.05, 0.1) is 13.7 Å². The van der Waals surface area contributed by atoms with Gasteiger partial charge >= 0.3 is 0 Å². The predicted molar refractivity (Wildman–Crippen MR) is 71.7 cm³/mol. The van der Waals surface area contributed by atoms with Gasteiger partial charge in [0.25, 0.3) is 0 Å². The third-order valence-corrected chi connectivity index (χ3v) is 3.35. The molecule has 0 atom stereocenters. The molecule has 2 rings (SSSR count). The van der Waals surface area contributed by atoms with Gasteiger partial charge in [-0.15, -0.1) is 5.10 Å². The molecule has 0 bridgehead atoms. The number of rotatable bonds is 4. The Bertz CT molecular complexity index is 539. The zero-order valence-corrected chi connectivity index (χ0v) is 12.2. The van der Waals surface area contributed by atoms with Crippen molar-refractivity contribution in [2.45, 2.75) is 26.3 Å². The quantitative estimate of drug-likeness (QED) is 0.871. The summed E-state index contributed by atoms with van der Waals surface area (Å²) in [6, 6.07) is 6.21. The van der Waals surface area contributed by atoms with Crippen LogP contribution in [0, 0.1) is 0 Å². The van der Waals surface area contributed by atoms with Gasteiger partial charge in [0.1, 0.15) is 5.75 Å². The first kappa shape index (κ1) is 13.0. The molecule has 0 N–H and O–H groups in total. The maximum Gasteiger partial charge on any atom is 0.218 e. The van der Waals surface area contributed by atoms with Gasteiger partial charge < -0.3 is 4.74 Å². The number of hydrogen-bond acceptors (Lipinski definition) is 4. The van der Waals surface area contributed by atoms with Crippen LogP contribution in [0.1, 0.15) is 30.9 Å². The normalized spacial score (nSPS) is 10.9. The number of aromatic nitrogens is 4. The third kappa shape index (κ3) is 2.69. The molecule has 2 aromatic rings. The van der Waals surface area contributed by atoms with E-state index in [9.17, 15) is 0 Å². The molecule has 96 valence electrons. The number of methoxy groups -OCH3 is 1. The van der Waals surface area contributed by atoms with Gasteiger partial charge in [-0.05, 0) is 50.0 Å². The van der Waals surface area contributed by atoms with Gasteiger partial charge in [0.15, 0.2) is 0 Å². The highest BCUT2D eigenvalue weighted by atomic mass is 79.9. The van der Waals surface area contributed by atoms with E-state index in [1.165, 1.54) is 5.56 Å². The second kappa shape index (κ2) is 5.48. The summed E-state index contributed by atoms with van der Waals surface area (Å²) in [6.07, 6.45) is 0. The topological polar surface area (TPSA) is 52.8 Å². The minimum Gasteiger partial charge on any atom is -0.496 e. The van der Waals surface area contributed by atoms with Crippen molar-refractivity contribution in [1.29, 1.82) is 0 Å². The van der Waals surface area contributed by atoms with E-state index in [-0.39, 0.29) is 0 Å². The highest BCUT2D eigenvalue weighted by molar-refractivity contribution is 9.10. The number of hydrogen-bond donors (Lipinski definition) is 0. The predicted octanol–water partition coefficient (Wildman–Crippen LogP) is 2.62. The molecule has 0 unspecified atom stereocenters. The van der Waals surface area contributed by atoms with Crippen molar-refractivity contribution in [3.63, 3.8) is 0 Å². The van der Waals surface area contributed by atoms with Crippen LogP contribution in [0.25, 0.3) is 0 Å². The van der Waals surface area contributed by atoms with Crippen LogP contribution in [-0.2, 0) is 6.54 Å². The van der Waals surface area contributed by atoms with Crippen molar-refractivity contribution in [2.24, 2.45) is 0 Å². The number of halogens is 1. The minimum absolute atomic E-state index is 0.479. The maximum absolute atomic E-state index is 5.37. The minimum atomic E-state index is 0.479. The van der Waals surface area contributed by atoms with E-state index < -0.39 is 0 Å². The van der Waals surface area contributed by atoms with E-state index >= 15 is 0 Å². The van der Waals surface area contributed by atoms with Crippen LogP contribution >= 0.6 is 15.9 Å². The largest absolute Gasteiger partial charge is 0.496 e. The maximum atomic E-state index is 5.37. The van der Waals surface area contributed by atoms with E-state index in [0.717, 1.165) is 11.3 Å². The summed E-state index contributed by atoms with van der Waals surface area (Å²) < 4.78 is 7.66. The van der Waals surface area contributed by atoms with Gasteiger partial charge in [-0.1, -0.05) is 19.9 Å². The molecule has 0 amide bonds. The third-order valence-electron chi connectivity index (χ3n) is 2.78. The Labute approximate surface area is 114 Å². The molecule has 0 saturated carbocycles. The summed E-state index contributed by atoms with van der Waals surface area (Å²) in [4.78, 5) is 0. The van der Waals surface area contributed by atoms with Gasteiger partial charge in [0.2, 0.25) is 4.73 Å². The van der Waals surface area contributed by atoms with Crippen LogP contribution < -0.4 is 4.74 Å². The van der Waals surface area contributed by atoms with Crippen LogP contribution in [0.3, 0.4) is 0 Å². The number of ether oxygens (including phenoxy) is 1. The molecule has 6 heteroatoms. The van der Waals surface area contributed by atoms with Crippen LogP contribution in [-0.4, -0.2) is 27.3 Å². The lowest BCUT2D eigenvalue weighted by Gasteiger charge is -2.12. The first-order valence-electron chi connectivity index (χ1n) is 5.70. The fourth-order valence-corrected chi connectivity index (χ4v) is 2.00. The summed E-state index contributed by atoms with van der Waals surface area (Å²) in [5.74, 6) is 1.33. The monoisotopic (exact) mass is 310 g/mol. The molecular formula is C12H15BrN4O. The van der Waals surface area contributed by atoms with Crippen LogP contribution in [0.5, 0.6) is 5.75 Å². The molecule has 0 aliphatic heterocycles. The van der Waals surface area contributed by atoms with Crippen molar-refractivity contribution < 1.29 is 4.74 Å². The van der Waals surface area contributed by atoms with Crippen molar-refractivity contribution in [1.82, 2.24) is 20.2 Å². The van der Waals surface area contributed by atoms with Crippen molar-refractivity contribution in [2.75, 3.05) is 7.11 Å². The van der Waals surface area contributed by atoms with E-state index in [2.05, 4.69) is 57.4 Å². The Balaban J connectivity index is 2.35. The van der Waals surface area contributed by atoms with Crippen LogP contribution in [0.15, 0.2) is 22.9 Å². The van der Waals surface area contributed by atoms with E-state index in [1.807, 2.05) is 6.07 Å². The molecular weight excluding hydrogens is 296 g/mol. The van der Waals surface area contributed by atoms with Crippen LogP contribution in [0.2, 0.25) is 0 Å². The Morgan fingerprint density at radius 2 is 2.17 bits per heavy atom. The van der Waals surface area contributed by atoms with Gasteiger partial charge in [0, 0.05) is 5.56 Å². The molecule has 0 saturated heterocycles. The Kier molecular flexibility index (Phi) is 3.96. The lowest BCUT2D eigenvalue weighted by Crippen LogP contribution is -2.05. The molecule has 1 aromatic carbocycles. The highest BCUT2D eigenvalue weighted by Crippen LogP contribution is 2.25. The Morgan fingerprint density at radius 1 is 1.39 bits per heavy atom. The van der Waals surface area contributed by atoms with Gasteiger partial charge in [-0.3, -0.25) is 0 Å². The second-order valence-electron chi connectivity index (χ2n) is 4.33. The van der Waals surface area contributed by atoms with Crippen LogP contribution in [0.4, 0.5) is 0 Å². The molecule has 0 spiro atoms. The van der Waals surface area contributed by atoms with Crippen molar-refractivity contribution >= 4 is 15.9 Å². The average molecular weight is 311 g/mol. The SMILES string of the molecule is COc1ccc(C(C)C)cc1Cn1nnnc1Br. The Hall–Kier alpha value is -1.43. The summed E-state index contributed by atoms with van der Waals surface area (Å²) >= 11 is 3.30. The number of tetrazole rings is 1.